The number of carbonyl (C=O) groups excluding carboxylic acids is 1. The minimum atomic E-state index is -0.270. The number of nitrogens with zero attached hydrogens (tertiary/aromatic N) is 5. The Bertz CT molecular complexity index is 921. The molecule has 0 aliphatic rings. The van der Waals surface area contributed by atoms with Gasteiger partial charge in [-0.2, -0.15) is 0 Å². The zero-order valence-electron chi connectivity index (χ0n) is 14.4. The number of phenolic OH excluding ortho intramolecular Hbond substituents is 1. The van der Waals surface area contributed by atoms with Crippen LogP contribution in [0.4, 0.5) is 0 Å². The maximum atomic E-state index is 12.9. The van der Waals surface area contributed by atoms with Crippen molar-refractivity contribution >= 4 is 5.91 Å². The number of carbonyl (C=O) groups is 1. The number of rotatable bonds is 6. The van der Waals surface area contributed by atoms with Crippen molar-refractivity contribution in [2.45, 2.75) is 13.5 Å². The Morgan fingerprint density at radius 1 is 1.31 bits per heavy atom. The molecule has 0 atom stereocenters. The van der Waals surface area contributed by atoms with E-state index in [-0.39, 0.29) is 17.2 Å². The van der Waals surface area contributed by atoms with Crippen LogP contribution in [0.2, 0.25) is 0 Å². The highest BCUT2D eigenvalue weighted by Crippen LogP contribution is 2.23. The first-order valence-electron chi connectivity index (χ1n) is 8.11. The summed E-state index contributed by atoms with van der Waals surface area (Å²) in [6.07, 6.45) is 3.08. The quantitative estimate of drug-likeness (QED) is 0.691. The largest absolute Gasteiger partial charge is 0.507 e. The Labute approximate surface area is 151 Å². The van der Waals surface area contributed by atoms with Crippen molar-refractivity contribution in [1.29, 1.82) is 0 Å². The van der Waals surface area contributed by atoms with Crippen LogP contribution < -0.4 is 0 Å². The third-order valence-electron chi connectivity index (χ3n) is 4.08. The van der Waals surface area contributed by atoms with E-state index in [0.29, 0.717) is 18.8 Å². The molecule has 0 unspecified atom stereocenters. The van der Waals surface area contributed by atoms with Crippen LogP contribution in [0.25, 0.3) is 5.69 Å². The normalized spacial score (nSPS) is 10.5. The number of aromatic hydroxyl groups is 1. The molecule has 0 bridgehead atoms. The number of aromatic nitrogens is 4. The number of phenols is 1. The Balaban J connectivity index is 1.87. The van der Waals surface area contributed by atoms with Gasteiger partial charge >= 0.3 is 0 Å². The van der Waals surface area contributed by atoms with Crippen LogP contribution in [-0.4, -0.2) is 42.7 Å². The second kappa shape index (κ2) is 7.60. The summed E-state index contributed by atoms with van der Waals surface area (Å²) in [7, 11) is 0. The molecule has 7 heteroatoms. The topological polar surface area (TPSA) is 84.1 Å². The Kier molecular flexibility index (Phi) is 5.07. The highest BCUT2D eigenvalue weighted by molar-refractivity contribution is 5.97. The van der Waals surface area contributed by atoms with E-state index in [0.717, 1.165) is 11.1 Å². The summed E-state index contributed by atoms with van der Waals surface area (Å²) in [5, 5.41) is 21.2. The summed E-state index contributed by atoms with van der Waals surface area (Å²) in [6.45, 7) is 6.55. The van der Waals surface area contributed by atoms with Crippen molar-refractivity contribution in [2.75, 3.05) is 6.54 Å². The molecule has 0 radical (unpaired) electrons. The second-order valence-electron chi connectivity index (χ2n) is 5.86. The standard InChI is InChI=1S/C19H19N5O2/c1-3-10-23(12-15-7-5-4-6-14(15)2)19(26)17-9-8-16(11-18(17)25)24-13-20-21-22-24/h3-9,11,13,25H,1,10,12H2,2H3. The third-order valence-corrected chi connectivity index (χ3v) is 4.08. The molecule has 1 heterocycles. The highest BCUT2D eigenvalue weighted by Gasteiger charge is 2.19. The number of hydrogen-bond acceptors (Lipinski definition) is 5. The number of tetrazole rings is 1. The summed E-state index contributed by atoms with van der Waals surface area (Å²) in [5.41, 5.74) is 2.94. The van der Waals surface area contributed by atoms with Gasteiger partial charge in [-0.1, -0.05) is 30.3 Å². The van der Waals surface area contributed by atoms with Gasteiger partial charge in [0.25, 0.3) is 5.91 Å². The first-order chi connectivity index (χ1) is 12.6. The molecule has 0 spiro atoms. The van der Waals surface area contributed by atoms with Crippen molar-refractivity contribution in [1.82, 2.24) is 25.1 Å². The van der Waals surface area contributed by atoms with Crippen LogP contribution in [0, 0.1) is 6.92 Å². The lowest BCUT2D eigenvalue weighted by Gasteiger charge is -2.23. The van der Waals surface area contributed by atoms with E-state index in [1.807, 2.05) is 31.2 Å². The number of amides is 1. The molecule has 7 nitrogen and oxygen atoms in total. The Morgan fingerprint density at radius 2 is 2.12 bits per heavy atom. The molecule has 1 aromatic heterocycles. The number of benzene rings is 2. The van der Waals surface area contributed by atoms with E-state index in [2.05, 4.69) is 22.1 Å². The van der Waals surface area contributed by atoms with Crippen LogP contribution in [-0.2, 0) is 6.54 Å². The van der Waals surface area contributed by atoms with Crippen LogP contribution in [0.15, 0.2) is 61.4 Å². The molecule has 1 N–H and O–H groups in total. The maximum absolute atomic E-state index is 12.9. The van der Waals surface area contributed by atoms with Gasteiger partial charge in [-0.25, -0.2) is 4.68 Å². The molecule has 132 valence electrons. The molecule has 0 saturated carbocycles. The highest BCUT2D eigenvalue weighted by atomic mass is 16.3. The van der Waals surface area contributed by atoms with Crippen molar-refractivity contribution in [3.8, 4) is 11.4 Å². The van der Waals surface area contributed by atoms with Crippen LogP contribution in [0.5, 0.6) is 5.75 Å². The minimum Gasteiger partial charge on any atom is -0.507 e. The van der Waals surface area contributed by atoms with Gasteiger partial charge < -0.3 is 10.0 Å². The third kappa shape index (κ3) is 3.61. The van der Waals surface area contributed by atoms with Crippen LogP contribution in [0.3, 0.4) is 0 Å². The molecule has 26 heavy (non-hydrogen) atoms. The number of hydrogen-bond donors (Lipinski definition) is 1. The van der Waals surface area contributed by atoms with Gasteiger partial charge in [-0.3, -0.25) is 4.79 Å². The maximum Gasteiger partial charge on any atom is 0.258 e. The molecule has 0 aliphatic carbocycles. The average molecular weight is 349 g/mol. The zero-order valence-corrected chi connectivity index (χ0v) is 14.4. The predicted molar refractivity (Wildman–Crippen MR) is 96.9 cm³/mol. The fraction of sp³-hybridized carbons (Fsp3) is 0.158. The van der Waals surface area contributed by atoms with E-state index < -0.39 is 0 Å². The van der Waals surface area contributed by atoms with Gasteiger partial charge in [0.15, 0.2) is 0 Å². The second-order valence-corrected chi connectivity index (χ2v) is 5.86. The van der Waals surface area contributed by atoms with Crippen LogP contribution in [0.1, 0.15) is 21.5 Å². The first kappa shape index (κ1) is 17.3. The van der Waals surface area contributed by atoms with Crippen molar-refractivity contribution in [3.63, 3.8) is 0 Å². The van der Waals surface area contributed by atoms with Crippen LogP contribution >= 0.6 is 0 Å². The summed E-state index contributed by atoms with van der Waals surface area (Å²) >= 11 is 0. The fourth-order valence-corrected chi connectivity index (χ4v) is 2.66. The lowest BCUT2D eigenvalue weighted by atomic mass is 10.1. The number of aryl methyl sites for hydroxylation is 1. The molecule has 3 rings (SSSR count). The van der Waals surface area contributed by atoms with Gasteiger partial charge in [0, 0.05) is 19.2 Å². The molecular formula is C19H19N5O2. The van der Waals surface area contributed by atoms with E-state index >= 15 is 0 Å². The first-order valence-corrected chi connectivity index (χ1v) is 8.11. The van der Waals surface area contributed by atoms with Gasteiger partial charge in [-0.15, -0.1) is 11.7 Å². The average Bonchev–Trinajstić information content (AvgIpc) is 3.17. The molecule has 1 amide bonds. The molecule has 3 aromatic rings. The summed E-state index contributed by atoms with van der Waals surface area (Å²) in [5.74, 6) is -0.393. The molecule has 0 saturated heterocycles. The lowest BCUT2D eigenvalue weighted by molar-refractivity contribution is 0.0759. The minimum absolute atomic E-state index is 0.123. The van der Waals surface area contributed by atoms with E-state index in [1.54, 1.807) is 23.1 Å². The van der Waals surface area contributed by atoms with Crippen molar-refractivity contribution in [3.05, 3.63) is 78.1 Å². The van der Waals surface area contributed by atoms with Crippen molar-refractivity contribution < 1.29 is 9.90 Å². The Morgan fingerprint density at radius 3 is 2.77 bits per heavy atom. The summed E-state index contributed by atoms with van der Waals surface area (Å²) < 4.78 is 1.41. The molecule has 2 aromatic carbocycles. The monoisotopic (exact) mass is 349 g/mol. The molecule has 0 aliphatic heterocycles. The van der Waals surface area contributed by atoms with Gasteiger partial charge in [0.05, 0.1) is 11.3 Å². The van der Waals surface area contributed by atoms with Crippen molar-refractivity contribution in [2.24, 2.45) is 0 Å². The zero-order chi connectivity index (χ0) is 18.5. The molecular weight excluding hydrogens is 330 g/mol. The SMILES string of the molecule is C=CCN(Cc1ccccc1C)C(=O)c1ccc(-n2cnnn2)cc1O. The smallest absolute Gasteiger partial charge is 0.258 e. The van der Waals surface area contributed by atoms with Gasteiger partial charge in [0.1, 0.15) is 12.1 Å². The van der Waals surface area contributed by atoms with E-state index in [9.17, 15) is 9.90 Å². The van der Waals surface area contributed by atoms with E-state index in [1.165, 1.54) is 17.1 Å². The Hall–Kier alpha value is -3.48. The summed E-state index contributed by atoms with van der Waals surface area (Å²) in [4.78, 5) is 14.6. The van der Waals surface area contributed by atoms with Gasteiger partial charge in [-0.05, 0) is 40.6 Å². The predicted octanol–water partition coefficient (Wildman–Crippen LogP) is 2.50. The molecule has 0 fully saturated rings. The van der Waals surface area contributed by atoms with E-state index in [4.69, 9.17) is 0 Å². The summed E-state index contributed by atoms with van der Waals surface area (Å²) in [6, 6.07) is 12.6. The van der Waals surface area contributed by atoms with Gasteiger partial charge in [0.2, 0.25) is 0 Å². The fourth-order valence-electron chi connectivity index (χ4n) is 2.66. The lowest BCUT2D eigenvalue weighted by Crippen LogP contribution is -2.31.